The Morgan fingerprint density at radius 3 is 2.52 bits per heavy atom. The van der Waals surface area contributed by atoms with Gasteiger partial charge in [0.1, 0.15) is 6.54 Å². The summed E-state index contributed by atoms with van der Waals surface area (Å²) < 4.78 is 11.1. The highest BCUT2D eigenvalue weighted by Gasteiger charge is 2.11. The van der Waals surface area contributed by atoms with E-state index in [9.17, 15) is 4.79 Å². The molecule has 1 aromatic heterocycles. The number of hydrogen-bond donors (Lipinski definition) is 1. The second-order valence-electron chi connectivity index (χ2n) is 5.59. The highest BCUT2D eigenvalue weighted by atomic mass is 16.5. The van der Waals surface area contributed by atoms with E-state index in [0.29, 0.717) is 36.2 Å². The van der Waals surface area contributed by atoms with Crippen molar-refractivity contribution in [1.29, 1.82) is 0 Å². The van der Waals surface area contributed by atoms with E-state index >= 15 is 0 Å². The van der Waals surface area contributed by atoms with Crippen LogP contribution in [0.5, 0.6) is 11.5 Å². The number of amides is 1. The minimum Gasteiger partial charge on any atom is -0.490 e. The second kappa shape index (κ2) is 8.79. The smallest absolute Gasteiger partial charge is 0.248 e. The average molecular weight is 367 g/mol. The van der Waals surface area contributed by atoms with Crippen LogP contribution in [0.25, 0.3) is 11.4 Å². The van der Waals surface area contributed by atoms with Crippen LogP contribution in [-0.4, -0.2) is 39.3 Å². The Hall–Kier alpha value is -3.42. The van der Waals surface area contributed by atoms with Gasteiger partial charge in [-0.15, -0.1) is 10.2 Å². The molecule has 0 atom stereocenters. The summed E-state index contributed by atoms with van der Waals surface area (Å²) in [5.41, 5.74) is 1.45. The van der Waals surface area contributed by atoms with Crippen LogP contribution in [0.3, 0.4) is 0 Å². The van der Waals surface area contributed by atoms with E-state index in [4.69, 9.17) is 9.47 Å². The van der Waals surface area contributed by atoms with Gasteiger partial charge in [-0.05, 0) is 31.2 Å². The van der Waals surface area contributed by atoms with E-state index in [1.54, 1.807) is 18.2 Å². The van der Waals surface area contributed by atoms with Crippen LogP contribution in [0, 0.1) is 0 Å². The number of anilines is 1. The Morgan fingerprint density at radius 1 is 1.04 bits per heavy atom. The summed E-state index contributed by atoms with van der Waals surface area (Å²) >= 11 is 0. The first-order chi connectivity index (χ1) is 13.2. The van der Waals surface area contributed by atoms with Crippen LogP contribution in [0.15, 0.2) is 48.5 Å². The van der Waals surface area contributed by atoms with Gasteiger partial charge in [0.05, 0.1) is 13.2 Å². The third-order valence-electron chi connectivity index (χ3n) is 3.60. The van der Waals surface area contributed by atoms with Crippen molar-refractivity contribution in [2.75, 3.05) is 18.5 Å². The molecule has 1 heterocycles. The van der Waals surface area contributed by atoms with Gasteiger partial charge in [-0.1, -0.05) is 30.3 Å². The van der Waals surface area contributed by atoms with E-state index in [2.05, 4.69) is 20.7 Å². The van der Waals surface area contributed by atoms with Crippen molar-refractivity contribution in [3.05, 3.63) is 48.5 Å². The van der Waals surface area contributed by atoms with Crippen LogP contribution in [0.1, 0.15) is 13.8 Å². The van der Waals surface area contributed by atoms with Crippen molar-refractivity contribution >= 4 is 11.6 Å². The highest BCUT2D eigenvalue weighted by Crippen LogP contribution is 2.30. The van der Waals surface area contributed by atoms with E-state index in [1.807, 2.05) is 44.2 Å². The Bertz CT molecular complexity index is 895. The molecule has 0 aliphatic heterocycles. The van der Waals surface area contributed by atoms with Gasteiger partial charge in [0.15, 0.2) is 11.5 Å². The second-order valence-corrected chi connectivity index (χ2v) is 5.59. The predicted octanol–water partition coefficient (Wildman–Crippen LogP) is 2.78. The lowest BCUT2D eigenvalue weighted by Gasteiger charge is -2.12. The number of nitrogens with one attached hydrogen (secondary N) is 1. The van der Waals surface area contributed by atoms with Crippen molar-refractivity contribution < 1.29 is 14.3 Å². The summed E-state index contributed by atoms with van der Waals surface area (Å²) in [6.45, 7) is 4.79. The van der Waals surface area contributed by atoms with Crippen molar-refractivity contribution in [3.8, 4) is 22.9 Å². The fraction of sp³-hybridized carbons (Fsp3) is 0.263. The molecule has 3 rings (SSSR count). The SMILES string of the molecule is CCOc1ccc(NC(=O)Cn2nnc(-c3ccccc3)n2)cc1OCC. The molecule has 8 heteroatoms. The molecule has 1 N–H and O–H groups in total. The largest absolute Gasteiger partial charge is 0.490 e. The Morgan fingerprint density at radius 2 is 1.78 bits per heavy atom. The molecule has 0 radical (unpaired) electrons. The average Bonchev–Trinajstić information content (AvgIpc) is 3.13. The van der Waals surface area contributed by atoms with Gasteiger partial charge in [-0.2, -0.15) is 4.80 Å². The van der Waals surface area contributed by atoms with Crippen LogP contribution < -0.4 is 14.8 Å². The lowest BCUT2D eigenvalue weighted by molar-refractivity contribution is -0.117. The third kappa shape index (κ3) is 4.81. The molecular weight excluding hydrogens is 346 g/mol. The van der Waals surface area contributed by atoms with E-state index in [-0.39, 0.29) is 12.5 Å². The predicted molar refractivity (Wildman–Crippen MR) is 101 cm³/mol. The molecule has 8 nitrogen and oxygen atoms in total. The molecule has 0 spiro atoms. The van der Waals surface area contributed by atoms with E-state index in [1.165, 1.54) is 4.80 Å². The number of nitrogens with zero attached hydrogens (tertiary/aromatic N) is 4. The van der Waals surface area contributed by atoms with Gasteiger partial charge >= 0.3 is 0 Å². The topological polar surface area (TPSA) is 91.2 Å². The summed E-state index contributed by atoms with van der Waals surface area (Å²) in [7, 11) is 0. The minimum atomic E-state index is -0.265. The van der Waals surface area contributed by atoms with Gasteiger partial charge < -0.3 is 14.8 Å². The van der Waals surface area contributed by atoms with Gasteiger partial charge in [0.25, 0.3) is 0 Å². The minimum absolute atomic E-state index is 0.0446. The molecule has 2 aromatic carbocycles. The number of aromatic nitrogens is 4. The summed E-state index contributed by atoms with van der Waals surface area (Å²) in [6, 6.07) is 14.7. The number of rotatable bonds is 8. The Labute approximate surface area is 157 Å². The normalized spacial score (nSPS) is 10.4. The Balaban J connectivity index is 1.66. The molecule has 0 bridgehead atoms. The maximum absolute atomic E-state index is 12.3. The van der Waals surface area contributed by atoms with Crippen molar-refractivity contribution in [2.24, 2.45) is 0 Å². The fourth-order valence-electron chi connectivity index (χ4n) is 2.47. The van der Waals surface area contributed by atoms with Crippen molar-refractivity contribution in [2.45, 2.75) is 20.4 Å². The molecule has 1 amide bonds. The monoisotopic (exact) mass is 367 g/mol. The first-order valence-corrected chi connectivity index (χ1v) is 8.72. The molecule has 0 saturated heterocycles. The van der Waals surface area contributed by atoms with Crippen molar-refractivity contribution in [1.82, 2.24) is 20.2 Å². The molecule has 140 valence electrons. The highest BCUT2D eigenvalue weighted by molar-refractivity contribution is 5.90. The number of benzene rings is 2. The molecule has 0 fully saturated rings. The van der Waals surface area contributed by atoms with Gasteiger partial charge in [-0.25, -0.2) is 0 Å². The molecular formula is C19H21N5O3. The molecule has 3 aromatic rings. The van der Waals surface area contributed by atoms with Gasteiger partial charge in [0, 0.05) is 17.3 Å². The lowest BCUT2D eigenvalue weighted by Crippen LogP contribution is -2.20. The van der Waals surface area contributed by atoms with Crippen LogP contribution in [0.2, 0.25) is 0 Å². The van der Waals surface area contributed by atoms with Crippen molar-refractivity contribution in [3.63, 3.8) is 0 Å². The summed E-state index contributed by atoms with van der Waals surface area (Å²) in [6.07, 6.45) is 0. The van der Waals surface area contributed by atoms with Crippen LogP contribution >= 0.6 is 0 Å². The maximum atomic E-state index is 12.3. The van der Waals surface area contributed by atoms with Crippen LogP contribution in [-0.2, 0) is 11.3 Å². The number of tetrazole rings is 1. The molecule has 0 aliphatic carbocycles. The maximum Gasteiger partial charge on any atom is 0.248 e. The fourth-order valence-corrected chi connectivity index (χ4v) is 2.47. The number of carbonyl (C=O) groups is 1. The zero-order valence-electron chi connectivity index (χ0n) is 15.3. The Kier molecular flexibility index (Phi) is 5.98. The molecule has 0 unspecified atom stereocenters. The van der Waals surface area contributed by atoms with E-state index < -0.39 is 0 Å². The lowest BCUT2D eigenvalue weighted by atomic mass is 10.2. The number of carbonyl (C=O) groups excluding carboxylic acids is 1. The number of hydrogen-bond acceptors (Lipinski definition) is 6. The van der Waals surface area contributed by atoms with Gasteiger partial charge in [0.2, 0.25) is 11.7 Å². The summed E-state index contributed by atoms with van der Waals surface area (Å²) in [4.78, 5) is 13.6. The summed E-state index contributed by atoms with van der Waals surface area (Å²) in [5, 5.41) is 15.0. The van der Waals surface area contributed by atoms with Gasteiger partial charge in [-0.3, -0.25) is 4.79 Å². The standard InChI is InChI=1S/C19H21N5O3/c1-3-26-16-11-10-15(12-17(16)27-4-2)20-18(25)13-24-22-19(21-23-24)14-8-6-5-7-9-14/h5-12H,3-4,13H2,1-2H3,(H,20,25). The van der Waals surface area contributed by atoms with E-state index in [0.717, 1.165) is 5.56 Å². The van der Waals surface area contributed by atoms with Crippen LogP contribution in [0.4, 0.5) is 5.69 Å². The molecule has 27 heavy (non-hydrogen) atoms. The summed E-state index contributed by atoms with van der Waals surface area (Å²) in [5.74, 6) is 1.44. The first-order valence-electron chi connectivity index (χ1n) is 8.72. The molecule has 0 aliphatic rings. The number of ether oxygens (including phenoxy) is 2. The molecule has 0 saturated carbocycles. The third-order valence-corrected chi connectivity index (χ3v) is 3.60. The quantitative estimate of drug-likeness (QED) is 0.658. The zero-order chi connectivity index (χ0) is 19.1. The zero-order valence-corrected chi connectivity index (χ0v) is 15.3. The first kappa shape index (κ1) is 18.4.